The van der Waals surface area contributed by atoms with Crippen LogP contribution in [0.25, 0.3) is 0 Å². The molecule has 31 heavy (non-hydrogen) atoms. The standard InChI is InChI=1S/C21H27N3O5S2/c1-21(2)15-30(26,27)24(20(21)25)17-10-12-18(13-11-17)31(28,29)22-14-19(23(3)4)16-8-6-5-7-9-16/h5-13,19,22H,14-15H2,1-4H3. The van der Waals surface area contributed by atoms with Gasteiger partial charge in [0, 0.05) is 12.6 Å². The largest absolute Gasteiger partial charge is 0.301 e. The van der Waals surface area contributed by atoms with E-state index in [1.165, 1.54) is 24.3 Å². The summed E-state index contributed by atoms with van der Waals surface area (Å²) >= 11 is 0. The van der Waals surface area contributed by atoms with Gasteiger partial charge in [-0.3, -0.25) is 4.79 Å². The molecule has 0 aliphatic carbocycles. The first-order valence-electron chi connectivity index (χ1n) is 9.74. The molecule has 1 aliphatic heterocycles. The molecular weight excluding hydrogens is 438 g/mol. The van der Waals surface area contributed by atoms with E-state index in [1.54, 1.807) is 13.8 Å². The predicted molar refractivity (Wildman–Crippen MR) is 120 cm³/mol. The Morgan fingerprint density at radius 3 is 2.13 bits per heavy atom. The van der Waals surface area contributed by atoms with E-state index in [0.29, 0.717) is 0 Å². The molecule has 1 fully saturated rings. The van der Waals surface area contributed by atoms with E-state index in [4.69, 9.17) is 0 Å². The molecule has 1 unspecified atom stereocenters. The number of nitrogens with one attached hydrogen (secondary N) is 1. The van der Waals surface area contributed by atoms with Gasteiger partial charge in [-0.1, -0.05) is 30.3 Å². The molecular formula is C21H27N3O5S2. The van der Waals surface area contributed by atoms with Gasteiger partial charge in [0.15, 0.2) is 0 Å². The lowest BCUT2D eigenvalue weighted by molar-refractivity contribution is -0.123. The molecule has 1 amide bonds. The fourth-order valence-electron chi connectivity index (χ4n) is 3.57. The lowest BCUT2D eigenvalue weighted by Gasteiger charge is -2.25. The Morgan fingerprint density at radius 1 is 1.06 bits per heavy atom. The lowest BCUT2D eigenvalue weighted by Crippen LogP contribution is -2.34. The highest BCUT2D eigenvalue weighted by atomic mass is 32.2. The molecule has 3 rings (SSSR count). The fourth-order valence-corrected chi connectivity index (χ4v) is 6.71. The van der Waals surface area contributed by atoms with Gasteiger partial charge in [0.25, 0.3) is 0 Å². The molecule has 0 bridgehead atoms. The third kappa shape index (κ3) is 4.82. The van der Waals surface area contributed by atoms with Crippen molar-refractivity contribution in [2.24, 2.45) is 5.41 Å². The zero-order valence-electron chi connectivity index (χ0n) is 17.9. The first kappa shape index (κ1) is 23.4. The topological polar surface area (TPSA) is 104 Å². The molecule has 2 aromatic carbocycles. The summed E-state index contributed by atoms with van der Waals surface area (Å²) in [7, 11) is -3.88. The highest BCUT2D eigenvalue weighted by molar-refractivity contribution is 7.94. The van der Waals surface area contributed by atoms with Crippen LogP contribution < -0.4 is 9.03 Å². The number of rotatable bonds is 7. The van der Waals surface area contributed by atoms with Crippen molar-refractivity contribution < 1.29 is 21.6 Å². The molecule has 2 aromatic rings. The van der Waals surface area contributed by atoms with Crippen molar-refractivity contribution in [1.29, 1.82) is 0 Å². The van der Waals surface area contributed by atoms with Crippen LogP contribution in [0, 0.1) is 5.41 Å². The van der Waals surface area contributed by atoms with Crippen molar-refractivity contribution >= 4 is 31.6 Å². The lowest BCUT2D eigenvalue weighted by atomic mass is 9.95. The number of likely N-dealkylation sites (N-methyl/N-ethyl adjacent to an activating group) is 1. The smallest absolute Gasteiger partial charge is 0.247 e. The molecule has 8 nitrogen and oxygen atoms in total. The number of amides is 1. The molecule has 1 aliphatic rings. The Labute approximate surface area is 184 Å². The number of carbonyl (C=O) groups is 1. The van der Waals surface area contributed by atoms with E-state index in [2.05, 4.69) is 4.72 Å². The van der Waals surface area contributed by atoms with Crippen molar-refractivity contribution in [1.82, 2.24) is 9.62 Å². The summed E-state index contributed by atoms with van der Waals surface area (Å²) in [5, 5.41) is 0. The summed E-state index contributed by atoms with van der Waals surface area (Å²) in [6.45, 7) is 3.31. The van der Waals surface area contributed by atoms with Crippen molar-refractivity contribution in [2.75, 3.05) is 30.7 Å². The maximum Gasteiger partial charge on any atom is 0.247 e. The van der Waals surface area contributed by atoms with E-state index >= 15 is 0 Å². The van der Waals surface area contributed by atoms with Gasteiger partial charge in [-0.25, -0.2) is 25.9 Å². The number of carbonyl (C=O) groups excluding carboxylic acids is 1. The Hall–Kier alpha value is -2.27. The van der Waals surface area contributed by atoms with Crippen LogP contribution in [0.1, 0.15) is 25.5 Å². The van der Waals surface area contributed by atoms with Crippen molar-refractivity contribution in [3.63, 3.8) is 0 Å². The number of hydrogen-bond acceptors (Lipinski definition) is 6. The molecule has 1 saturated heterocycles. The van der Waals surface area contributed by atoms with Gasteiger partial charge in [-0.05, 0) is 57.8 Å². The zero-order valence-corrected chi connectivity index (χ0v) is 19.6. The predicted octanol–water partition coefficient (Wildman–Crippen LogP) is 1.97. The normalized spacial score (nSPS) is 19.0. The number of benzene rings is 2. The van der Waals surface area contributed by atoms with Gasteiger partial charge >= 0.3 is 0 Å². The van der Waals surface area contributed by atoms with E-state index in [-0.39, 0.29) is 28.9 Å². The third-order valence-corrected chi connectivity index (χ3v) is 8.70. The Morgan fingerprint density at radius 2 is 1.65 bits per heavy atom. The monoisotopic (exact) mass is 465 g/mol. The highest BCUT2D eigenvalue weighted by Gasteiger charge is 2.49. The minimum Gasteiger partial charge on any atom is -0.301 e. The summed E-state index contributed by atoms with van der Waals surface area (Å²) < 4.78 is 53.8. The molecule has 1 atom stereocenters. The van der Waals surface area contributed by atoms with Crippen molar-refractivity contribution in [3.8, 4) is 0 Å². The Bertz CT molecular complexity index is 1160. The third-order valence-electron chi connectivity index (χ3n) is 5.24. The molecule has 0 radical (unpaired) electrons. The number of anilines is 1. The summed E-state index contributed by atoms with van der Waals surface area (Å²) in [6.07, 6.45) is 0. The van der Waals surface area contributed by atoms with Crippen LogP contribution in [0.2, 0.25) is 0 Å². The molecule has 1 N–H and O–H groups in total. The highest BCUT2D eigenvalue weighted by Crippen LogP contribution is 2.36. The van der Waals surface area contributed by atoms with E-state index in [0.717, 1.165) is 9.87 Å². The molecule has 0 spiro atoms. The summed E-state index contributed by atoms with van der Waals surface area (Å²) in [5.74, 6) is -0.816. The maximum atomic E-state index is 12.8. The minimum atomic E-state index is -3.83. The van der Waals surface area contributed by atoms with Crippen LogP contribution in [-0.4, -0.2) is 54.0 Å². The summed E-state index contributed by atoms with van der Waals surface area (Å²) in [6, 6.07) is 14.7. The van der Waals surface area contributed by atoms with Gasteiger partial charge in [0.1, 0.15) is 0 Å². The van der Waals surface area contributed by atoms with Crippen LogP contribution in [-0.2, 0) is 24.8 Å². The summed E-state index contributed by atoms with van der Waals surface area (Å²) in [5.41, 5.74) is 0.0833. The second kappa shape index (κ2) is 8.34. The van der Waals surface area contributed by atoms with Gasteiger partial charge in [0.05, 0.1) is 21.8 Å². The maximum absolute atomic E-state index is 12.8. The van der Waals surface area contributed by atoms with E-state index in [9.17, 15) is 21.6 Å². The SMILES string of the molecule is CN(C)C(CNS(=O)(=O)c1ccc(N2C(=O)C(C)(C)CS2(=O)=O)cc1)c1ccccc1. The first-order chi connectivity index (χ1) is 14.3. The van der Waals surface area contributed by atoms with Gasteiger partial charge < -0.3 is 4.90 Å². The second-order valence-electron chi connectivity index (χ2n) is 8.45. The summed E-state index contributed by atoms with van der Waals surface area (Å²) in [4.78, 5) is 14.4. The molecule has 168 valence electrons. The molecule has 0 aromatic heterocycles. The quantitative estimate of drug-likeness (QED) is 0.671. The van der Waals surface area contributed by atoms with Gasteiger partial charge in [-0.15, -0.1) is 0 Å². The minimum absolute atomic E-state index is 0.00915. The average molecular weight is 466 g/mol. The number of sulfonamides is 2. The number of nitrogens with zero attached hydrogens (tertiary/aromatic N) is 2. The van der Waals surface area contributed by atoms with Gasteiger partial charge in [-0.2, -0.15) is 0 Å². The average Bonchev–Trinajstić information content (AvgIpc) is 2.85. The fraction of sp³-hybridized carbons (Fsp3) is 0.381. The van der Waals surface area contributed by atoms with Crippen LogP contribution in [0.4, 0.5) is 5.69 Å². The van der Waals surface area contributed by atoms with Crippen LogP contribution >= 0.6 is 0 Å². The molecule has 10 heteroatoms. The second-order valence-corrected chi connectivity index (χ2v) is 12.0. The van der Waals surface area contributed by atoms with E-state index < -0.39 is 31.4 Å². The van der Waals surface area contributed by atoms with Crippen molar-refractivity contribution in [2.45, 2.75) is 24.8 Å². The van der Waals surface area contributed by atoms with Crippen LogP contribution in [0.3, 0.4) is 0 Å². The molecule has 0 saturated carbocycles. The number of hydrogen-bond donors (Lipinski definition) is 1. The zero-order chi connectivity index (χ0) is 23.0. The van der Waals surface area contributed by atoms with Crippen LogP contribution in [0.15, 0.2) is 59.5 Å². The first-order valence-corrected chi connectivity index (χ1v) is 12.8. The Balaban J connectivity index is 1.79. The van der Waals surface area contributed by atoms with Gasteiger partial charge in [0.2, 0.25) is 26.0 Å². The molecule has 1 heterocycles. The van der Waals surface area contributed by atoms with E-state index in [1.807, 2.05) is 49.3 Å². The Kier molecular flexibility index (Phi) is 6.30. The van der Waals surface area contributed by atoms with Crippen molar-refractivity contribution in [3.05, 3.63) is 60.2 Å². The van der Waals surface area contributed by atoms with Crippen LogP contribution in [0.5, 0.6) is 0 Å².